The second kappa shape index (κ2) is 4.49. The number of benzene rings is 1. The van der Waals surface area contributed by atoms with E-state index in [0.717, 1.165) is 6.07 Å². The summed E-state index contributed by atoms with van der Waals surface area (Å²) < 4.78 is 38.4. The van der Waals surface area contributed by atoms with E-state index in [0.29, 0.717) is 0 Å². The largest absolute Gasteiger partial charge is 0.280 e. The molecule has 0 fully saturated rings. The molecular weight excluding hydrogens is 231 g/mol. The molecule has 0 saturated carbocycles. The van der Waals surface area contributed by atoms with Crippen LogP contribution < -0.4 is 4.72 Å². The fourth-order valence-corrected chi connectivity index (χ4v) is 1.65. The fraction of sp³-hybridized carbons (Fsp3) is 0.300. The summed E-state index contributed by atoms with van der Waals surface area (Å²) in [5.41, 5.74) is -0.00213. The molecule has 1 N–H and O–H groups in total. The maximum Gasteiger partial charge on any atom is 0.235 e. The highest BCUT2D eigenvalue weighted by molar-refractivity contribution is 7.93. The van der Waals surface area contributed by atoms with Crippen LogP contribution in [0.2, 0.25) is 0 Å². The molecule has 0 bridgehead atoms. The maximum absolute atomic E-state index is 13.4. The first kappa shape index (κ1) is 12.5. The molecular formula is C10H11FN2O2S. The van der Waals surface area contributed by atoms with E-state index in [9.17, 15) is 12.8 Å². The monoisotopic (exact) mass is 242 g/mol. The standard InChI is InChI=1S/C10H11FN2O2S/c1-7(2)16(14,15)13-10-4-3-8(6-12)5-9(10)11/h3-5,7,13H,1-2H3. The van der Waals surface area contributed by atoms with Crippen LogP contribution in [0.3, 0.4) is 0 Å². The Hall–Kier alpha value is -1.61. The zero-order valence-electron chi connectivity index (χ0n) is 8.86. The average molecular weight is 242 g/mol. The van der Waals surface area contributed by atoms with Crippen molar-refractivity contribution in [1.82, 2.24) is 0 Å². The van der Waals surface area contributed by atoms with Crippen LogP contribution in [0.5, 0.6) is 0 Å². The van der Waals surface area contributed by atoms with Crippen molar-refractivity contribution < 1.29 is 12.8 Å². The van der Waals surface area contributed by atoms with Crippen molar-refractivity contribution in [2.45, 2.75) is 19.1 Å². The van der Waals surface area contributed by atoms with E-state index in [1.807, 2.05) is 0 Å². The van der Waals surface area contributed by atoms with Crippen LogP contribution in [0.15, 0.2) is 18.2 Å². The van der Waals surface area contributed by atoms with E-state index in [2.05, 4.69) is 4.72 Å². The lowest BCUT2D eigenvalue weighted by Crippen LogP contribution is -2.23. The van der Waals surface area contributed by atoms with Gasteiger partial charge in [-0.15, -0.1) is 0 Å². The van der Waals surface area contributed by atoms with Gasteiger partial charge in [0.15, 0.2) is 0 Å². The third kappa shape index (κ3) is 2.70. The molecule has 0 heterocycles. The number of nitrogens with zero attached hydrogens (tertiary/aromatic N) is 1. The molecule has 1 rings (SSSR count). The highest BCUT2D eigenvalue weighted by atomic mass is 32.2. The Morgan fingerprint density at radius 3 is 2.50 bits per heavy atom. The molecule has 0 aliphatic heterocycles. The second-order valence-electron chi connectivity index (χ2n) is 3.50. The van der Waals surface area contributed by atoms with Gasteiger partial charge in [0.25, 0.3) is 0 Å². The lowest BCUT2D eigenvalue weighted by molar-refractivity contribution is 0.590. The van der Waals surface area contributed by atoms with E-state index in [4.69, 9.17) is 5.26 Å². The topological polar surface area (TPSA) is 70.0 Å². The van der Waals surface area contributed by atoms with Gasteiger partial charge in [0.1, 0.15) is 5.82 Å². The van der Waals surface area contributed by atoms with Crippen molar-refractivity contribution in [3.8, 4) is 6.07 Å². The summed E-state index contributed by atoms with van der Waals surface area (Å²) in [6.45, 7) is 2.98. The van der Waals surface area contributed by atoms with Gasteiger partial charge in [-0.1, -0.05) is 0 Å². The van der Waals surface area contributed by atoms with E-state index >= 15 is 0 Å². The minimum atomic E-state index is -3.57. The molecule has 16 heavy (non-hydrogen) atoms. The van der Waals surface area contributed by atoms with Gasteiger partial charge in [-0.05, 0) is 32.0 Å². The van der Waals surface area contributed by atoms with E-state index < -0.39 is 21.1 Å². The first-order valence-electron chi connectivity index (χ1n) is 4.58. The van der Waals surface area contributed by atoms with Crippen LogP contribution in [0.1, 0.15) is 19.4 Å². The fourth-order valence-electron chi connectivity index (χ4n) is 0.939. The van der Waals surface area contributed by atoms with Gasteiger partial charge in [-0.2, -0.15) is 5.26 Å². The van der Waals surface area contributed by atoms with Crippen LogP contribution >= 0.6 is 0 Å². The predicted molar refractivity (Wildman–Crippen MR) is 58.8 cm³/mol. The van der Waals surface area contributed by atoms with Crippen LogP contribution in [0.4, 0.5) is 10.1 Å². The second-order valence-corrected chi connectivity index (χ2v) is 5.74. The number of hydrogen-bond donors (Lipinski definition) is 1. The number of nitriles is 1. The van der Waals surface area contributed by atoms with Crippen LogP contribution in [-0.4, -0.2) is 13.7 Å². The third-order valence-electron chi connectivity index (χ3n) is 1.97. The van der Waals surface area contributed by atoms with E-state index in [1.165, 1.54) is 26.0 Å². The molecule has 86 valence electrons. The molecule has 1 aromatic rings. The Morgan fingerprint density at radius 1 is 1.44 bits per heavy atom. The van der Waals surface area contributed by atoms with Crippen molar-refractivity contribution in [2.75, 3.05) is 4.72 Å². The zero-order chi connectivity index (χ0) is 12.3. The Morgan fingerprint density at radius 2 is 2.06 bits per heavy atom. The van der Waals surface area contributed by atoms with Crippen LogP contribution in [0, 0.1) is 17.1 Å². The number of anilines is 1. The number of halogens is 1. The predicted octanol–water partition coefficient (Wildman–Crippen LogP) is 1.85. The van der Waals surface area contributed by atoms with Crippen LogP contribution in [0.25, 0.3) is 0 Å². The van der Waals surface area contributed by atoms with Gasteiger partial charge in [0, 0.05) is 0 Å². The lowest BCUT2D eigenvalue weighted by atomic mass is 10.2. The average Bonchev–Trinajstić information content (AvgIpc) is 2.20. The Kier molecular flexibility index (Phi) is 3.50. The van der Waals surface area contributed by atoms with Gasteiger partial charge < -0.3 is 0 Å². The Bertz CT molecular complexity index is 532. The molecule has 1 aromatic carbocycles. The maximum atomic E-state index is 13.4. The molecule has 6 heteroatoms. The first-order valence-corrected chi connectivity index (χ1v) is 6.12. The highest BCUT2D eigenvalue weighted by Crippen LogP contribution is 2.17. The Balaban J connectivity index is 3.05. The van der Waals surface area contributed by atoms with E-state index in [1.54, 1.807) is 6.07 Å². The summed E-state index contributed by atoms with van der Waals surface area (Å²) >= 11 is 0. The quantitative estimate of drug-likeness (QED) is 0.879. The van der Waals surface area contributed by atoms with Gasteiger partial charge in [0.05, 0.1) is 22.6 Å². The van der Waals surface area contributed by atoms with Gasteiger partial charge >= 0.3 is 0 Å². The molecule has 0 atom stereocenters. The van der Waals surface area contributed by atoms with Crippen molar-refractivity contribution in [2.24, 2.45) is 0 Å². The minimum absolute atomic E-state index is 0.144. The number of nitrogens with one attached hydrogen (secondary N) is 1. The summed E-state index contributed by atoms with van der Waals surface area (Å²) in [6, 6.07) is 5.33. The summed E-state index contributed by atoms with van der Waals surface area (Å²) in [5.74, 6) is -0.761. The van der Waals surface area contributed by atoms with Crippen molar-refractivity contribution in [1.29, 1.82) is 5.26 Å². The molecule has 0 aliphatic carbocycles. The summed E-state index contributed by atoms with van der Waals surface area (Å²) in [5, 5.41) is 7.87. The number of sulfonamides is 1. The van der Waals surface area contributed by atoms with E-state index in [-0.39, 0.29) is 11.3 Å². The normalized spacial score (nSPS) is 11.2. The summed E-state index contributed by atoms with van der Waals surface area (Å²) in [6.07, 6.45) is 0. The molecule has 4 nitrogen and oxygen atoms in total. The molecule has 0 aromatic heterocycles. The molecule has 0 amide bonds. The summed E-state index contributed by atoms with van der Waals surface area (Å²) in [4.78, 5) is 0. The van der Waals surface area contributed by atoms with Crippen LogP contribution in [-0.2, 0) is 10.0 Å². The number of rotatable bonds is 3. The SMILES string of the molecule is CC(C)S(=O)(=O)Nc1ccc(C#N)cc1F. The van der Waals surface area contributed by atoms with Gasteiger partial charge in [0.2, 0.25) is 10.0 Å². The minimum Gasteiger partial charge on any atom is -0.280 e. The number of hydrogen-bond acceptors (Lipinski definition) is 3. The zero-order valence-corrected chi connectivity index (χ0v) is 9.68. The van der Waals surface area contributed by atoms with Crippen molar-refractivity contribution in [3.05, 3.63) is 29.6 Å². The third-order valence-corrected chi connectivity index (χ3v) is 3.72. The van der Waals surface area contributed by atoms with Crippen molar-refractivity contribution in [3.63, 3.8) is 0 Å². The van der Waals surface area contributed by atoms with Gasteiger partial charge in [-0.25, -0.2) is 12.8 Å². The first-order chi connectivity index (χ1) is 7.36. The molecule has 0 saturated heterocycles. The molecule has 0 unspecified atom stereocenters. The van der Waals surface area contributed by atoms with Crippen molar-refractivity contribution >= 4 is 15.7 Å². The molecule has 0 aliphatic rings. The smallest absolute Gasteiger partial charge is 0.235 e. The molecule has 0 radical (unpaired) electrons. The summed E-state index contributed by atoms with van der Waals surface area (Å²) in [7, 11) is -3.57. The molecule has 0 spiro atoms. The highest BCUT2D eigenvalue weighted by Gasteiger charge is 2.17. The lowest BCUT2D eigenvalue weighted by Gasteiger charge is -2.11. The van der Waals surface area contributed by atoms with Gasteiger partial charge in [-0.3, -0.25) is 4.72 Å². The Labute approximate surface area is 93.8 Å².